The van der Waals surface area contributed by atoms with E-state index in [1.165, 1.54) is 0 Å². The number of rotatable bonds is 2. The van der Waals surface area contributed by atoms with E-state index in [0.29, 0.717) is 24.2 Å². The highest BCUT2D eigenvalue weighted by molar-refractivity contribution is 6.52. The number of amides is 1. The lowest BCUT2D eigenvalue weighted by molar-refractivity contribution is -0.112. The number of carbonyl (C=O) groups excluding carboxylic acids is 2. The minimum absolute atomic E-state index is 0.455. The first-order chi connectivity index (χ1) is 6.74. The Morgan fingerprint density at radius 3 is 2.79 bits per heavy atom. The summed E-state index contributed by atoms with van der Waals surface area (Å²) in [7, 11) is 0. The van der Waals surface area contributed by atoms with E-state index >= 15 is 0 Å². The van der Waals surface area contributed by atoms with E-state index in [1.807, 2.05) is 12.1 Å². The van der Waals surface area contributed by atoms with Crippen molar-refractivity contribution < 1.29 is 9.59 Å². The van der Waals surface area contributed by atoms with Gasteiger partial charge in [-0.3, -0.25) is 9.59 Å². The fourth-order valence-electron chi connectivity index (χ4n) is 1.63. The highest BCUT2D eigenvalue weighted by atomic mass is 16.2. The topological polar surface area (TPSA) is 72.2 Å². The molecule has 1 aliphatic heterocycles. The van der Waals surface area contributed by atoms with E-state index in [1.54, 1.807) is 6.07 Å². The second-order valence-electron chi connectivity index (χ2n) is 3.16. The van der Waals surface area contributed by atoms with Gasteiger partial charge in [0.05, 0.1) is 11.3 Å². The van der Waals surface area contributed by atoms with Crippen LogP contribution in [0.25, 0.3) is 0 Å². The molecule has 1 aromatic carbocycles. The molecule has 0 bridgehead atoms. The Hall–Kier alpha value is -1.68. The third-order valence-electron chi connectivity index (χ3n) is 2.25. The van der Waals surface area contributed by atoms with Crippen LogP contribution in [0.15, 0.2) is 18.2 Å². The largest absolute Gasteiger partial charge is 0.330 e. The van der Waals surface area contributed by atoms with Crippen molar-refractivity contribution in [2.75, 3.05) is 11.9 Å². The van der Waals surface area contributed by atoms with Crippen molar-refractivity contribution in [1.82, 2.24) is 0 Å². The number of anilines is 1. The number of fused-ring (bicyclic) bond motifs is 1. The maximum atomic E-state index is 11.4. The predicted molar refractivity (Wildman–Crippen MR) is 52.2 cm³/mol. The van der Waals surface area contributed by atoms with Gasteiger partial charge in [-0.1, -0.05) is 12.1 Å². The van der Waals surface area contributed by atoms with E-state index in [-0.39, 0.29) is 0 Å². The van der Waals surface area contributed by atoms with Crippen molar-refractivity contribution in [3.63, 3.8) is 0 Å². The minimum atomic E-state index is -0.551. The number of carbonyl (C=O) groups is 2. The lowest BCUT2D eigenvalue weighted by atomic mass is 10.0. The summed E-state index contributed by atoms with van der Waals surface area (Å²) in [5.74, 6) is -1.01. The summed E-state index contributed by atoms with van der Waals surface area (Å²) in [4.78, 5) is 22.5. The van der Waals surface area contributed by atoms with E-state index < -0.39 is 11.7 Å². The summed E-state index contributed by atoms with van der Waals surface area (Å²) < 4.78 is 0. The Morgan fingerprint density at radius 1 is 1.29 bits per heavy atom. The molecule has 1 aromatic rings. The Labute approximate surface area is 81.1 Å². The van der Waals surface area contributed by atoms with Gasteiger partial charge in [0.15, 0.2) is 0 Å². The average molecular weight is 190 g/mol. The zero-order valence-electron chi connectivity index (χ0n) is 7.54. The second kappa shape index (κ2) is 3.23. The zero-order valence-corrected chi connectivity index (χ0v) is 7.54. The first kappa shape index (κ1) is 8.90. The molecule has 0 spiro atoms. The SMILES string of the molecule is NCCc1cccc2c1C(=O)C(=O)N2. The van der Waals surface area contributed by atoms with Gasteiger partial charge in [0.2, 0.25) is 0 Å². The Balaban J connectivity index is 2.52. The van der Waals surface area contributed by atoms with E-state index in [4.69, 9.17) is 5.73 Å². The molecular weight excluding hydrogens is 180 g/mol. The standard InChI is InChI=1S/C10H10N2O2/c11-5-4-6-2-1-3-7-8(6)9(13)10(14)12-7/h1-3H,4-5,11H2,(H,12,13,14). The summed E-state index contributed by atoms with van der Waals surface area (Å²) in [6, 6.07) is 5.35. The molecule has 0 fully saturated rings. The van der Waals surface area contributed by atoms with Gasteiger partial charge in [-0.15, -0.1) is 0 Å². The molecule has 4 nitrogen and oxygen atoms in total. The van der Waals surface area contributed by atoms with Crippen LogP contribution in [0.3, 0.4) is 0 Å². The first-order valence-electron chi connectivity index (χ1n) is 4.41. The molecule has 0 aromatic heterocycles. The van der Waals surface area contributed by atoms with Crippen molar-refractivity contribution >= 4 is 17.4 Å². The predicted octanol–water partition coefficient (Wildman–Crippen LogP) is 0.323. The van der Waals surface area contributed by atoms with Crippen LogP contribution < -0.4 is 11.1 Å². The summed E-state index contributed by atoms with van der Waals surface area (Å²) in [5, 5.41) is 2.52. The molecule has 1 aliphatic rings. The minimum Gasteiger partial charge on any atom is -0.330 e. The first-order valence-corrected chi connectivity index (χ1v) is 4.41. The van der Waals surface area contributed by atoms with Crippen molar-refractivity contribution in [1.29, 1.82) is 0 Å². The van der Waals surface area contributed by atoms with Gasteiger partial charge in [-0.2, -0.15) is 0 Å². The van der Waals surface area contributed by atoms with E-state index in [2.05, 4.69) is 5.32 Å². The number of benzene rings is 1. The third kappa shape index (κ3) is 1.20. The fourth-order valence-corrected chi connectivity index (χ4v) is 1.63. The van der Waals surface area contributed by atoms with Crippen LogP contribution in [0.5, 0.6) is 0 Å². The number of hydrogen-bond donors (Lipinski definition) is 2. The molecule has 0 saturated carbocycles. The molecule has 0 saturated heterocycles. The van der Waals surface area contributed by atoms with Crippen LogP contribution in [-0.4, -0.2) is 18.2 Å². The summed E-state index contributed by atoms with van der Waals surface area (Å²) in [6.07, 6.45) is 0.615. The molecule has 0 unspecified atom stereocenters. The van der Waals surface area contributed by atoms with Crippen LogP contribution >= 0.6 is 0 Å². The van der Waals surface area contributed by atoms with Crippen LogP contribution in [-0.2, 0) is 11.2 Å². The van der Waals surface area contributed by atoms with Crippen LogP contribution in [0, 0.1) is 0 Å². The molecule has 1 heterocycles. The highest BCUT2D eigenvalue weighted by Gasteiger charge is 2.29. The Morgan fingerprint density at radius 2 is 2.07 bits per heavy atom. The maximum Gasteiger partial charge on any atom is 0.296 e. The lowest BCUT2D eigenvalue weighted by Crippen LogP contribution is -2.14. The molecule has 2 rings (SSSR count). The van der Waals surface area contributed by atoms with Gasteiger partial charge in [-0.25, -0.2) is 0 Å². The van der Waals surface area contributed by atoms with Crippen molar-refractivity contribution in [3.8, 4) is 0 Å². The second-order valence-corrected chi connectivity index (χ2v) is 3.16. The molecular formula is C10H10N2O2. The van der Waals surface area contributed by atoms with Gasteiger partial charge in [-0.05, 0) is 24.6 Å². The Kier molecular flexibility index (Phi) is 2.05. The average Bonchev–Trinajstić information content (AvgIpc) is 2.45. The quantitative estimate of drug-likeness (QED) is 0.660. The molecule has 4 heteroatoms. The van der Waals surface area contributed by atoms with Crippen molar-refractivity contribution in [2.24, 2.45) is 5.73 Å². The smallest absolute Gasteiger partial charge is 0.296 e. The number of nitrogens with one attached hydrogen (secondary N) is 1. The van der Waals surface area contributed by atoms with Gasteiger partial charge in [0, 0.05) is 0 Å². The number of hydrogen-bond acceptors (Lipinski definition) is 3. The van der Waals surface area contributed by atoms with Crippen molar-refractivity contribution in [3.05, 3.63) is 29.3 Å². The zero-order chi connectivity index (χ0) is 10.1. The summed E-state index contributed by atoms with van der Waals surface area (Å²) in [6.45, 7) is 0.470. The molecule has 0 atom stereocenters. The summed E-state index contributed by atoms with van der Waals surface area (Å²) in [5.41, 5.74) is 7.35. The van der Waals surface area contributed by atoms with Crippen LogP contribution in [0.1, 0.15) is 15.9 Å². The van der Waals surface area contributed by atoms with E-state index in [9.17, 15) is 9.59 Å². The highest BCUT2D eigenvalue weighted by Crippen LogP contribution is 2.26. The third-order valence-corrected chi connectivity index (χ3v) is 2.25. The van der Waals surface area contributed by atoms with Crippen LogP contribution in [0.2, 0.25) is 0 Å². The molecule has 0 radical (unpaired) electrons. The van der Waals surface area contributed by atoms with Crippen molar-refractivity contribution in [2.45, 2.75) is 6.42 Å². The number of Topliss-reactive ketones (excluding diaryl/α,β-unsaturated/α-hetero) is 1. The molecule has 14 heavy (non-hydrogen) atoms. The monoisotopic (exact) mass is 190 g/mol. The normalized spacial score (nSPS) is 14.1. The fraction of sp³-hybridized carbons (Fsp3) is 0.200. The molecule has 3 N–H and O–H groups in total. The van der Waals surface area contributed by atoms with Gasteiger partial charge < -0.3 is 11.1 Å². The molecule has 72 valence electrons. The lowest BCUT2D eigenvalue weighted by Gasteiger charge is -2.03. The van der Waals surface area contributed by atoms with Crippen LogP contribution in [0.4, 0.5) is 5.69 Å². The number of ketones is 1. The molecule has 1 amide bonds. The maximum absolute atomic E-state index is 11.4. The van der Waals surface area contributed by atoms with Gasteiger partial charge in [0.1, 0.15) is 0 Å². The number of nitrogens with two attached hydrogens (primary N) is 1. The van der Waals surface area contributed by atoms with Gasteiger partial charge >= 0.3 is 0 Å². The Bertz CT molecular complexity index is 413. The van der Waals surface area contributed by atoms with E-state index in [0.717, 1.165) is 5.56 Å². The molecule has 0 aliphatic carbocycles. The van der Waals surface area contributed by atoms with Gasteiger partial charge in [0.25, 0.3) is 11.7 Å². The summed E-state index contributed by atoms with van der Waals surface area (Å²) >= 11 is 0.